The number of carbonyl (C=O) groups is 3. The van der Waals surface area contributed by atoms with Gasteiger partial charge in [0.15, 0.2) is 0 Å². The van der Waals surface area contributed by atoms with Gasteiger partial charge < -0.3 is 29.8 Å². The highest BCUT2D eigenvalue weighted by Gasteiger charge is 2.41. The zero-order valence-corrected chi connectivity index (χ0v) is 38.6. The second-order valence-corrected chi connectivity index (χ2v) is 16.7. The average Bonchev–Trinajstić information content (AvgIpc) is 4.08. The maximum Gasteiger partial charge on any atom is 0.407 e. The molecular weight excluding hydrogens is 831 g/mol. The molecule has 2 aliphatic heterocycles. The van der Waals surface area contributed by atoms with Crippen LogP contribution in [-0.2, 0) is 14.3 Å². The molecule has 4 heterocycles. The first-order valence-corrected chi connectivity index (χ1v) is 20.9. The molecule has 2 saturated carbocycles. The number of fused-ring (bicyclic) bond motifs is 2. The molecule has 60 heavy (non-hydrogen) atoms. The van der Waals surface area contributed by atoms with Crippen molar-refractivity contribution in [1.29, 1.82) is 0 Å². The van der Waals surface area contributed by atoms with E-state index in [0.29, 0.717) is 18.4 Å². The average molecular weight is 892 g/mol. The van der Waals surface area contributed by atoms with Crippen molar-refractivity contribution in [2.45, 2.75) is 102 Å². The van der Waals surface area contributed by atoms with Gasteiger partial charge in [0.05, 0.1) is 41.3 Å². The Morgan fingerprint density at radius 2 is 1.05 bits per heavy atom. The molecular formula is C45H61N7O4S4. The maximum absolute atomic E-state index is 14.0. The topological polar surface area (TPSA) is 136 Å². The standard InChI is InChI=1S/C45H53N7O4.4H2S/c1-27(28-9-3-4-10-28)43(53)51-23-7-13-38(51)41-46-34-21-19-32(25-36(34)48-41)29-15-17-30(18-16-29)33-20-22-35-37(26-33)49-42(47-35)39-14-8-24-52(39)44(54)40(50-45(55)56-2)31-11-5-6-12-31;;;;/h15-22,25-28,31,38-40H,3-14,23-24H2,1-2H3,(H,46,48)(H,47,49)(H,50,55);4*1H2/t27-,38-,39-,40-;;;;/m0..../s1. The number of amides is 3. The van der Waals surface area contributed by atoms with Gasteiger partial charge in [-0.3, -0.25) is 9.59 Å². The van der Waals surface area contributed by atoms with Gasteiger partial charge >= 0.3 is 6.09 Å². The molecule has 15 heteroatoms. The fraction of sp³-hybridized carbons (Fsp3) is 0.489. The quantitative estimate of drug-likeness (QED) is 0.135. The highest BCUT2D eigenvalue weighted by molar-refractivity contribution is 7.59. The molecule has 4 atom stereocenters. The third-order valence-corrected chi connectivity index (χ3v) is 13.3. The number of alkyl carbamates (subject to hydrolysis) is 1. The third kappa shape index (κ3) is 9.34. The molecule has 4 fully saturated rings. The minimum absolute atomic E-state index is 0. The third-order valence-electron chi connectivity index (χ3n) is 13.3. The lowest BCUT2D eigenvalue weighted by Gasteiger charge is -2.31. The van der Waals surface area contributed by atoms with Gasteiger partial charge in [0, 0.05) is 19.0 Å². The molecule has 324 valence electrons. The summed E-state index contributed by atoms with van der Waals surface area (Å²) in [5, 5.41) is 2.86. The molecule has 0 radical (unpaired) electrons. The highest BCUT2D eigenvalue weighted by atomic mass is 32.1. The molecule has 3 N–H and O–H groups in total. The van der Waals surface area contributed by atoms with Crippen LogP contribution in [0.2, 0.25) is 0 Å². The zero-order chi connectivity index (χ0) is 38.3. The molecule has 3 aromatic carbocycles. The van der Waals surface area contributed by atoms with Crippen LogP contribution in [0.1, 0.15) is 108 Å². The molecule has 0 unspecified atom stereocenters. The van der Waals surface area contributed by atoms with Crippen molar-refractivity contribution < 1.29 is 19.1 Å². The van der Waals surface area contributed by atoms with Crippen molar-refractivity contribution in [1.82, 2.24) is 35.1 Å². The Bertz CT molecular complexity index is 2250. The normalized spacial score (nSPS) is 20.2. The van der Waals surface area contributed by atoms with E-state index in [1.165, 1.54) is 32.8 Å². The monoisotopic (exact) mass is 891 g/mol. The largest absolute Gasteiger partial charge is 0.453 e. The van der Waals surface area contributed by atoms with Gasteiger partial charge in [-0.05, 0) is 110 Å². The summed E-state index contributed by atoms with van der Waals surface area (Å²) in [6, 6.07) is 20.5. The second-order valence-electron chi connectivity index (χ2n) is 16.7. The Labute approximate surface area is 380 Å². The van der Waals surface area contributed by atoms with E-state index in [4.69, 9.17) is 14.7 Å². The zero-order valence-electron chi connectivity index (χ0n) is 34.6. The van der Waals surface area contributed by atoms with Crippen LogP contribution in [0.3, 0.4) is 0 Å². The second kappa shape index (κ2) is 20.4. The molecule has 2 aromatic heterocycles. The van der Waals surface area contributed by atoms with Crippen molar-refractivity contribution in [2.75, 3.05) is 20.2 Å². The Morgan fingerprint density at radius 1 is 0.617 bits per heavy atom. The molecule has 2 aliphatic carbocycles. The van der Waals surface area contributed by atoms with Crippen LogP contribution < -0.4 is 5.32 Å². The van der Waals surface area contributed by atoms with Crippen LogP contribution in [0, 0.1) is 17.8 Å². The van der Waals surface area contributed by atoms with Crippen LogP contribution in [0.15, 0.2) is 60.7 Å². The number of nitrogens with zero attached hydrogens (tertiary/aromatic N) is 4. The lowest BCUT2D eigenvalue weighted by molar-refractivity contribution is -0.138. The summed E-state index contributed by atoms with van der Waals surface area (Å²) in [5.74, 6) is 2.63. The number of methoxy groups -OCH3 is 1. The van der Waals surface area contributed by atoms with E-state index in [0.717, 1.165) is 114 Å². The first-order valence-electron chi connectivity index (χ1n) is 20.9. The van der Waals surface area contributed by atoms with Gasteiger partial charge in [0.2, 0.25) is 11.8 Å². The number of hydrogen-bond donors (Lipinski definition) is 3. The fourth-order valence-electron chi connectivity index (χ4n) is 10.2. The lowest BCUT2D eigenvalue weighted by atomic mass is 9.91. The Kier molecular flexibility index (Phi) is 16.1. The van der Waals surface area contributed by atoms with E-state index in [1.807, 2.05) is 11.0 Å². The van der Waals surface area contributed by atoms with Gasteiger partial charge in [-0.25, -0.2) is 14.8 Å². The molecule has 4 aliphatic rings. The SMILES string of the molecule is COC(=O)N[C@H](C(=O)N1CCC[C@H]1c1nc2ccc(-c3ccc(-c4ccc5nc([C@@H]6CCCN6C(=O)[C@@H](C)C6CCCC6)[nH]c5c4)cc3)cc2[nH]1)C1CCCC1.S.S.S.S. The number of imidazole rings is 2. The van der Waals surface area contributed by atoms with Gasteiger partial charge in [0.25, 0.3) is 0 Å². The van der Waals surface area contributed by atoms with Gasteiger partial charge in [0.1, 0.15) is 17.7 Å². The molecule has 0 spiro atoms. The van der Waals surface area contributed by atoms with E-state index >= 15 is 0 Å². The van der Waals surface area contributed by atoms with E-state index < -0.39 is 12.1 Å². The lowest BCUT2D eigenvalue weighted by Crippen LogP contribution is -2.51. The number of ether oxygens (including phenoxy) is 1. The summed E-state index contributed by atoms with van der Waals surface area (Å²) in [5.41, 5.74) is 8.10. The van der Waals surface area contributed by atoms with Crippen molar-refractivity contribution in [3.8, 4) is 22.3 Å². The highest BCUT2D eigenvalue weighted by Crippen LogP contribution is 2.39. The number of likely N-dealkylation sites (tertiary alicyclic amines) is 2. The number of rotatable bonds is 9. The number of carbonyl (C=O) groups excluding carboxylic acids is 3. The molecule has 11 nitrogen and oxygen atoms in total. The van der Waals surface area contributed by atoms with Crippen LogP contribution in [0.4, 0.5) is 4.79 Å². The summed E-state index contributed by atoms with van der Waals surface area (Å²) in [4.78, 5) is 60.9. The molecule has 3 amide bonds. The summed E-state index contributed by atoms with van der Waals surface area (Å²) in [7, 11) is 1.34. The van der Waals surface area contributed by atoms with Crippen molar-refractivity contribution >= 4 is 94.0 Å². The number of hydrogen-bond acceptors (Lipinski definition) is 6. The summed E-state index contributed by atoms with van der Waals surface area (Å²) in [6.45, 7) is 3.58. The first kappa shape index (κ1) is 47.3. The number of aromatic amines is 2. The minimum Gasteiger partial charge on any atom is -0.453 e. The summed E-state index contributed by atoms with van der Waals surface area (Å²) >= 11 is 0. The Morgan fingerprint density at radius 3 is 1.52 bits per heavy atom. The van der Waals surface area contributed by atoms with E-state index in [2.05, 4.69) is 81.7 Å². The van der Waals surface area contributed by atoms with Crippen molar-refractivity contribution in [3.63, 3.8) is 0 Å². The summed E-state index contributed by atoms with van der Waals surface area (Å²) in [6.07, 6.45) is 11.9. The molecule has 5 aromatic rings. The predicted octanol–water partition coefficient (Wildman–Crippen LogP) is 9.29. The van der Waals surface area contributed by atoms with Crippen LogP contribution in [0.5, 0.6) is 0 Å². The number of nitrogens with one attached hydrogen (secondary N) is 3. The van der Waals surface area contributed by atoms with Crippen LogP contribution in [0.25, 0.3) is 44.3 Å². The van der Waals surface area contributed by atoms with E-state index in [9.17, 15) is 14.4 Å². The number of benzene rings is 3. The first-order chi connectivity index (χ1) is 27.3. The number of H-pyrrole nitrogens is 2. The van der Waals surface area contributed by atoms with Crippen molar-refractivity contribution in [3.05, 3.63) is 72.3 Å². The predicted molar refractivity (Wildman–Crippen MR) is 258 cm³/mol. The van der Waals surface area contributed by atoms with Crippen LogP contribution >= 0.6 is 54.0 Å². The van der Waals surface area contributed by atoms with Gasteiger partial charge in [-0.2, -0.15) is 54.0 Å². The minimum atomic E-state index is -0.585. The molecule has 9 rings (SSSR count). The smallest absolute Gasteiger partial charge is 0.407 e. The number of aromatic nitrogens is 4. The Balaban J connectivity index is 0.00000171. The fourth-order valence-corrected chi connectivity index (χ4v) is 10.2. The summed E-state index contributed by atoms with van der Waals surface area (Å²) < 4.78 is 4.89. The molecule has 2 saturated heterocycles. The van der Waals surface area contributed by atoms with Gasteiger partial charge in [-0.15, -0.1) is 0 Å². The Hall–Kier alpha value is -3.79. The van der Waals surface area contributed by atoms with E-state index in [1.54, 1.807) is 0 Å². The molecule has 0 bridgehead atoms. The van der Waals surface area contributed by atoms with E-state index in [-0.39, 0.29) is 83.8 Å². The van der Waals surface area contributed by atoms with Gasteiger partial charge in [-0.1, -0.05) is 69.0 Å². The van der Waals surface area contributed by atoms with Crippen molar-refractivity contribution in [2.24, 2.45) is 17.8 Å². The van der Waals surface area contributed by atoms with Crippen LogP contribution in [-0.4, -0.2) is 73.9 Å². The maximum atomic E-state index is 14.0.